The average Bonchev–Trinajstić information content (AvgIpc) is 2.64. The van der Waals surface area contributed by atoms with E-state index >= 15 is 0 Å². The molecule has 1 saturated heterocycles. The number of nitrogens with zero attached hydrogens (tertiary/aromatic N) is 3. The van der Waals surface area contributed by atoms with Crippen molar-refractivity contribution in [3.63, 3.8) is 0 Å². The van der Waals surface area contributed by atoms with Crippen molar-refractivity contribution >= 4 is 11.8 Å². The van der Waals surface area contributed by atoms with Crippen molar-refractivity contribution in [1.82, 2.24) is 9.97 Å². The first-order chi connectivity index (χ1) is 12.2. The van der Waals surface area contributed by atoms with Crippen LogP contribution in [-0.4, -0.2) is 42.9 Å². The number of anilines is 2. The van der Waals surface area contributed by atoms with Crippen LogP contribution in [0.4, 0.5) is 11.8 Å². The van der Waals surface area contributed by atoms with Gasteiger partial charge < -0.3 is 19.7 Å². The van der Waals surface area contributed by atoms with E-state index in [9.17, 15) is 0 Å². The lowest BCUT2D eigenvalue weighted by Gasteiger charge is -2.35. The molecule has 1 fully saturated rings. The Morgan fingerprint density at radius 1 is 1.24 bits per heavy atom. The predicted octanol–water partition coefficient (Wildman–Crippen LogP) is 2.95. The van der Waals surface area contributed by atoms with E-state index in [1.54, 1.807) is 6.20 Å². The first kappa shape index (κ1) is 16.1. The topological polar surface area (TPSA) is 59.5 Å². The van der Waals surface area contributed by atoms with E-state index in [0.717, 1.165) is 31.0 Å². The number of fused-ring (bicyclic) bond motifs is 1. The van der Waals surface area contributed by atoms with E-state index in [-0.39, 0.29) is 12.1 Å². The average molecular weight is 340 g/mol. The van der Waals surface area contributed by atoms with Gasteiger partial charge in [-0.25, -0.2) is 4.98 Å². The summed E-state index contributed by atoms with van der Waals surface area (Å²) in [5, 5.41) is 3.39. The predicted molar refractivity (Wildman–Crippen MR) is 97.3 cm³/mol. The number of aromatic nitrogens is 2. The molecule has 0 amide bonds. The minimum Gasteiger partial charge on any atom is -0.486 e. The van der Waals surface area contributed by atoms with Gasteiger partial charge in [0.15, 0.2) is 11.6 Å². The summed E-state index contributed by atoms with van der Waals surface area (Å²) >= 11 is 0. The zero-order valence-corrected chi connectivity index (χ0v) is 14.7. The molecular formula is C19H24N4O2. The second-order valence-corrected chi connectivity index (χ2v) is 6.73. The zero-order valence-electron chi connectivity index (χ0n) is 14.7. The Hall–Kier alpha value is -2.34. The molecule has 1 N–H and O–H groups in total. The third-order valence-electron chi connectivity index (χ3n) is 4.98. The van der Waals surface area contributed by atoms with Gasteiger partial charge in [-0.15, -0.1) is 0 Å². The number of hydrogen-bond donors (Lipinski definition) is 1. The summed E-state index contributed by atoms with van der Waals surface area (Å²) in [6.45, 7) is 4.28. The number of nitrogens with one attached hydrogen (secondary N) is 1. The Labute approximate surface area is 148 Å². The highest BCUT2D eigenvalue weighted by Gasteiger charge is 2.29. The van der Waals surface area contributed by atoms with Gasteiger partial charge in [0.25, 0.3) is 0 Å². The van der Waals surface area contributed by atoms with Crippen LogP contribution in [0.5, 0.6) is 5.75 Å². The standard InChI is InChI=1S/C19H24N4O2/c1-13-6-3-4-8-15(13)16-12-25-17-10-20-19(22-18(17)23(16)2)21-14-7-5-9-24-11-14/h3-4,6,8,10,14,16H,5,7,9,11-12H2,1-2H3,(H,20,21,22). The van der Waals surface area contributed by atoms with Crippen LogP contribution in [0.2, 0.25) is 0 Å². The molecule has 6 heteroatoms. The Balaban J connectivity index is 1.58. The SMILES string of the molecule is Cc1ccccc1C1COc2cnc(NC3CCCOC3)nc2N1C. The summed E-state index contributed by atoms with van der Waals surface area (Å²) in [6.07, 6.45) is 3.92. The van der Waals surface area contributed by atoms with Gasteiger partial charge in [0.1, 0.15) is 6.61 Å². The molecule has 2 aliphatic heterocycles. The quantitative estimate of drug-likeness (QED) is 0.927. The monoisotopic (exact) mass is 340 g/mol. The highest BCUT2D eigenvalue weighted by molar-refractivity contribution is 5.57. The maximum Gasteiger partial charge on any atom is 0.225 e. The van der Waals surface area contributed by atoms with Gasteiger partial charge in [-0.05, 0) is 30.9 Å². The van der Waals surface area contributed by atoms with Crippen molar-refractivity contribution in [1.29, 1.82) is 0 Å². The summed E-state index contributed by atoms with van der Waals surface area (Å²) in [6, 6.07) is 8.84. The van der Waals surface area contributed by atoms with E-state index in [0.29, 0.717) is 19.2 Å². The van der Waals surface area contributed by atoms with Crippen LogP contribution < -0.4 is 15.0 Å². The van der Waals surface area contributed by atoms with Gasteiger partial charge in [0.05, 0.1) is 24.9 Å². The van der Waals surface area contributed by atoms with Gasteiger partial charge in [-0.2, -0.15) is 4.98 Å². The molecule has 2 aliphatic rings. The first-order valence-electron chi connectivity index (χ1n) is 8.85. The Morgan fingerprint density at radius 2 is 2.12 bits per heavy atom. The largest absolute Gasteiger partial charge is 0.486 e. The smallest absolute Gasteiger partial charge is 0.225 e. The molecule has 2 unspecified atom stereocenters. The molecule has 6 nitrogen and oxygen atoms in total. The van der Waals surface area contributed by atoms with Crippen molar-refractivity contribution in [2.75, 3.05) is 37.1 Å². The summed E-state index contributed by atoms with van der Waals surface area (Å²) in [5.74, 6) is 2.20. The molecule has 1 aromatic carbocycles. The summed E-state index contributed by atoms with van der Waals surface area (Å²) in [7, 11) is 2.07. The fourth-order valence-corrected chi connectivity index (χ4v) is 3.51. The normalized spacial score (nSPS) is 22.9. The van der Waals surface area contributed by atoms with Crippen LogP contribution in [-0.2, 0) is 4.74 Å². The molecule has 0 bridgehead atoms. The third-order valence-corrected chi connectivity index (χ3v) is 4.98. The minimum atomic E-state index is 0.148. The number of aryl methyl sites for hydroxylation is 1. The summed E-state index contributed by atoms with van der Waals surface area (Å²) in [4.78, 5) is 11.3. The molecular weight excluding hydrogens is 316 g/mol. The lowest BCUT2D eigenvalue weighted by Crippen LogP contribution is -2.35. The fraction of sp³-hybridized carbons (Fsp3) is 0.474. The Morgan fingerprint density at radius 3 is 2.92 bits per heavy atom. The van der Waals surface area contributed by atoms with Crippen LogP contribution in [0.3, 0.4) is 0 Å². The molecule has 3 heterocycles. The van der Waals surface area contributed by atoms with Gasteiger partial charge >= 0.3 is 0 Å². The minimum absolute atomic E-state index is 0.148. The second-order valence-electron chi connectivity index (χ2n) is 6.73. The molecule has 0 saturated carbocycles. The number of benzene rings is 1. The highest BCUT2D eigenvalue weighted by Crippen LogP contribution is 2.37. The van der Waals surface area contributed by atoms with E-state index < -0.39 is 0 Å². The van der Waals surface area contributed by atoms with E-state index in [1.807, 2.05) is 0 Å². The second kappa shape index (κ2) is 6.88. The van der Waals surface area contributed by atoms with Crippen molar-refractivity contribution in [3.05, 3.63) is 41.6 Å². The molecule has 1 aromatic heterocycles. The third kappa shape index (κ3) is 3.26. The van der Waals surface area contributed by atoms with Crippen molar-refractivity contribution in [3.8, 4) is 5.75 Å². The number of rotatable bonds is 3. The molecule has 0 spiro atoms. The van der Waals surface area contributed by atoms with E-state index in [2.05, 4.69) is 53.4 Å². The van der Waals surface area contributed by atoms with Gasteiger partial charge in [0.2, 0.25) is 5.95 Å². The van der Waals surface area contributed by atoms with Gasteiger partial charge in [0, 0.05) is 13.7 Å². The van der Waals surface area contributed by atoms with Crippen LogP contribution >= 0.6 is 0 Å². The van der Waals surface area contributed by atoms with Gasteiger partial charge in [-0.1, -0.05) is 24.3 Å². The maximum atomic E-state index is 5.94. The fourth-order valence-electron chi connectivity index (χ4n) is 3.51. The first-order valence-corrected chi connectivity index (χ1v) is 8.85. The molecule has 2 aromatic rings. The maximum absolute atomic E-state index is 5.94. The Bertz CT molecular complexity index is 746. The molecule has 25 heavy (non-hydrogen) atoms. The lowest BCUT2D eigenvalue weighted by atomic mass is 10.00. The molecule has 0 radical (unpaired) electrons. The molecule has 0 aliphatic carbocycles. The number of ether oxygens (including phenoxy) is 2. The van der Waals surface area contributed by atoms with Crippen molar-refractivity contribution < 1.29 is 9.47 Å². The molecule has 2 atom stereocenters. The zero-order chi connectivity index (χ0) is 17.2. The van der Waals surface area contributed by atoms with Crippen LogP contribution in [0, 0.1) is 6.92 Å². The number of hydrogen-bond acceptors (Lipinski definition) is 6. The highest BCUT2D eigenvalue weighted by atomic mass is 16.5. The summed E-state index contributed by atoms with van der Waals surface area (Å²) in [5.41, 5.74) is 2.53. The van der Waals surface area contributed by atoms with Crippen molar-refractivity contribution in [2.45, 2.75) is 31.8 Å². The van der Waals surface area contributed by atoms with Gasteiger partial charge in [-0.3, -0.25) is 0 Å². The Kier molecular flexibility index (Phi) is 4.44. The van der Waals surface area contributed by atoms with Crippen LogP contribution in [0.1, 0.15) is 30.0 Å². The molecule has 132 valence electrons. The summed E-state index contributed by atoms with van der Waals surface area (Å²) < 4.78 is 11.5. The van der Waals surface area contributed by atoms with E-state index in [1.165, 1.54) is 11.1 Å². The number of likely N-dealkylation sites (N-methyl/N-ethyl adjacent to an activating group) is 1. The van der Waals surface area contributed by atoms with E-state index in [4.69, 9.17) is 14.5 Å². The van der Waals surface area contributed by atoms with Crippen LogP contribution in [0.15, 0.2) is 30.5 Å². The lowest BCUT2D eigenvalue weighted by molar-refractivity contribution is 0.0874. The molecule has 4 rings (SSSR count). The van der Waals surface area contributed by atoms with Crippen LogP contribution in [0.25, 0.3) is 0 Å². The van der Waals surface area contributed by atoms with Crippen molar-refractivity contribution in [2.24, 2.45) is 0 Å².